The van der Waals surface area contributed by atoms with Gasteiger partial charge in [0.2, 0.25) is 0 Å². The minimum absolute atomic E-state index is 0.0805. The maximum atomic E-state index is 5.94. The summed E-state index contributed by atoms with van der Waals surface area (Å²) in [5.41, 5.74) is 5.77. The molecule has 1 heterocycles. The van der Waals surface area contributed by atoms with E-state index >= 15 is 0 Å². The highest BCUT2D eigenvalue weighted by Gasteiger charge is 2.18. The van der Waals surface area contributed by atoms with E-state index in [-0.39, 0.29) is 6.10 Å². The Morgan fingerprint density at radius 3 is 2.81 bits per heavy atom. The Labute approximate surface area is 109 Å². The first-order valence-electron chi connectivity index (χ1n) is 5.85. The quantitative estimate of drug-likeness (QED) is 0.900. The van der Waals surface area contributed by atoms with Crippen LogP contribution < -0.4 is 5.73 Å². The summed E-state index contributed by atoms with van der Waals surface area (Å²) >= 11 is 5.17. The molecule has 1 saturated carbocycles. The van der Waals surface area contributed by atoms with Gasteiger partial charge in [0.05, 0.1) is 6.61 Å². The zero-order chi connectivity index (χ0) is 11.4. The number of ether oxygens (including phenoxy) is 1. The van der Waals surface area contributed by atoms with Crippen LogP contribution in [0.1, 0.15) is 36.7 Å². The van der Waals surface area contributed by atoms with Gasteiger partial charge in [0.1, 0.15) is 6.10 Å². The number of nitrogens with two attached hydrogens (primary N) is 1. The fraction of sp³-hybridized carbons (Fsp3) is 0.667. The van der Waals surface area contributed by atoms with Crippen molar-refractivity contribution in [3.8, 4) is 0 Å². The molecule has 1 aliphatic carbocycles. The first-order chi connectivity index (χ1) is 7.79. The standard InChI is InChI=1S/C12H18BrNOS/c13-10-5-12(16-8-10)11(6-14)15-7-9-3-1-2-4-9/h5,8-9,11H,1-4,6-7,14H2. The second-order valence-electron chi connectivity index (χ2n) is 4.38. The van der Waals surface area contributed by atoms with Crippen molar-refractivity contribution >= 4 is 27.3 Å². The van der Waals surface area contributed by atoms with Crippen molar-refractivity contribution < 1.29 is 4.74 Å². The molecule has 1 atom stereocenters. The molecular weight excluding hydrogens is 286 g/mol. The van der Waals surface area contributed by atoms with Crippen LogP contribution in [0.4, 0.5) is 0 Å². The van der Waals surface area contributed by atoms with E-state index in [1.165, 1.54) is 30.6 Å². The lowest BCUT2D eigenvalue weighted by atomic mass is 10.1. The van der Waals surface area contributed by atoms with Gasteiger partial charge in [-0.3, -0.25) is 0 Å². The van der Waals surface area contributed by atoms with Gasteiger partial charge < -0.3 is 10.5 Å². The van der Waals surface area contributed by atoms with Crippen molar-refractivity contribution in [1.82, 2.24) is 0 Å². The summed E-state index contributed by atoms with van der Waals surface area (Å²) in [6.07, 6.45) is 5.46. The first-order valence-corrected chi connectivity index (χ1v) is 7.52. The summed E-state index contributed by atoms with van der Waals surface area (Å²) in [4.78, 5) is 1.23. The van der Waals surface area contributed by atoms with Gasteiger partial charge in [-0.15, -0.1) is 11.3 Å². The van der Waals surface area contributed by atoms with Gasteiger partial charge in [-0.05, 0) is 40.8 Å². The number of thiophene rings is 1. The summed E-state index contributed by atoms with van der Waals surface area (Å²) in [5, 5.41) is 2.08. The van der Waals surface area contributed by atoms with Gasteiger partial charge in [-0.25, -0.2) is 0 Å². The zero-order valence-corrected chi connectivity index (χ0v) is 11.7. The third-order valence-corrected chi connectivity index (χ3v) is 4.91. The molecule has 4 heteroatoms. The van der Waals surface area contributed by atoms with E-state index in [4.69, 9.17) is 10.5 Å². The highest BCUT2D eigenvalue weighted by molar-refractivity contribution is 9.10. The number of hydrogen-bond acceptors (Lipinski definition) is 3. The van der Waals surface area contributed by atoms with Crippen molar-refractivity contribution in [1.29, 1.82) is 0 Å². The van der Waals surface area contributed by atoms with Crippen LogP contribution in [0, 0.1) is 5.92 Å². The maximum absolute atomic E-state index is 5.94. The van der Waals surface area contributed by atoms with Crippen LogP contribution in [0.5, 0.6) is 0 Å². The van der Waals surface area contributed by atoms with E-state index in [2.05, 4.69) is 27.4 Å². The molecule has 0 amide bonds. The molecule has 2 N–H and O–H groups in total. The summed E-state index contributed by atoms with van der Waals surface area (Å²) in [6, 6.07) is 2.11. The Morgan fingerprint density at radius 1 is 1.50 bits per heavy atom. The molecule has 0 aromatic carbocycles. The van der Waals surface area contributed by atoms with E-state index in [9.17, 15) is 0 Å². The molecule has 1 aromatic rings. The lowest BCUT2D eigenvalue weighted by Crippen LogP contribution is -2.18. The highest BCUT2D eigenvalue weighted by atomic mass is 79.9. The molecule has 0 bridgehead atoms. The summed E-state index contributed by atoms with van der Waals surface area (Å²) in [7, 11) is 0. The fourth-order valence-corrected chi connectivity index (χ4v) is 3.70. The molecule has 0 saturated heterocycles. The molecule has 0 radical (unpaired) electrons. The zero-order valence-electron chi connectivity index (χ0n) is 9.32. The van der Waals surface area contributed by atoms with Crippen LogP contribution in [-0.2, 0) is 4.74 Å². The summed E-state index contributed by atoms with van der Waals surface area (Å²) in [6.45, 7) is 1.44. The van der Waals surface area contributed by atoms with Gasteiger partial charge >= 0.3 is 0 Å². The normalized spacial score (nSPS) is 19.1. The predicted octanol–water partition coefficient (Wildman–Crippen LogP) is 3.72. The topological polar surface area (TPSA) is 35.2 Å². The summed E-state index contributed by atoms with van der Waals surface area (Å²) in [5.74, 6) is 0.762. The Bertz CT molecular complexity index is 323. The molecule has 0 aliphatic heterocycles. The molecule has 0 spiro atoms. The van der Waals surface area contributed by atoms with E-state index in [1.54, 1.807) is 11.3 Å². The molecule has 90 valence electrons. The van der Waals surface area contributed by atoms with Crippen molar-refractivity contribution in [3.05, 3.63) is 20.8 Å². The summed E-state index contributed by atoms with van der Waals surface area (Å²) < 4.78 is 7.06. The molecule has 16 heavy (non-hydrogen) atoms. The van der Waals surface area contributed by atoms with Crippen LogP contribution in [-0.4, -0.2) is 13.2 Å². The van der Waals surface area contributed by atoms with Crippen molar-refractivity contribution in [2.24, 2.45) is 11.7 Å². The molecule has 1 aromatic heterocycles. The molecule has 2 nitrogen and oxygen atoms in total. The minimum atomic E-state index is 0.0805. The number of halogens is 1. The van der Waals surface area contributed by atoms with Gasteiger partial charge in [-0.2, -0.15) is 0 Å². The average Bonchev–Trinajstić information content (AvgIpc) is 2.91. The Hall–Kier alpha value is 0.1000. The van der Waals surface area contributed by atoms with Crippen LogP contribution in [0.3, 0.4) is 0 Å². The lowest BCUT2D eigenvalue weighted by molar-refractivity contribution is 0.0367. The second-order valence-corrected chi connectivity index (χ2v) is 6.23. The molecule has 2 rings (SSSR count). The van der Waals surface area contributed by atoms with E-state index in [0.29, 0.717) is 6.54 Å². The van der Waals surface area contributed by atoms with Crippen molar-refractivity contribution in [2.45, 2.75) is 31.8 Å². The fourth-order valence-electron chi connectivity index (χ4n) is 2.19. The van der Waals surface area contributed by atoms with E-state index in [0.717, 1.165) is 17.0 Å². The van der Waals surface area contributed by atoms with Gasteiger partial charge in [0.25, 0.3) is 0 Å². The van der Waals surface area contributed by atoms with E-state index < -0.39 is 0 Å². The van der Waals surface area contributed by atoms with Crippen LogP contribution in [0.2, 0.25) is 0 Å². The molecular formula is C12H18BrNOS. The van der Waals surface area contributed by atoms with Crippen LogP contribution in [0.25, 0.3) is 0 Å². The van der Waals surface area contributed by atoms with Crippen molar-refractivity contribution in [3.63, 3.8) is 0 Å². The smallest absolute Gasteiger partial charge is 0.104 e. The third kappa shape index (κ3) is 3.29. The monoisotopic (exact) mass is 303 g/mol. The van der Waals surface area contributed by atoms with Gasteiger partial charge in [-0.1, -0.05) is 12.8 Å². The number of hydrogen-bond donors (Lipinski definition) is 1. The highest BCUT2D eigenvalue weighted by Crippen LogP contribution is 2.30. The van der Waals surface area contributed by atoms with Crippen LogP contribution in [0.15, 0.2) is 15.9 Å². The SMILES string of the molecule is NCC(OCC1CCCC1)c1cc(Br)cs1. The maximum Gasteiger partial charge on any atom is 0.104 e. The van der Waals surface area contributed by atoms with Gasteiger partial charge in [0, 0.05) is 21.3 Å². The lowest BCUT2D eigenvalue weighted by Gasteiger charge is -2.17. The second kappa shape index (κ2) is 6.15. The van der Waals surface area contributed by atoms with Crippen LogP contribution >= 0.6 is 27.3 Å². The Balaban J connectivity index is 1.85. The minimum Gasteiger partial charge on any atom is -0.371 e. The Kier molecular flexibility index (Phi) is 4.82. The predicted molar refractivity (Wildman–Crippen MR) is 71.7 cm³/mol. The molecule has 1 aliphatic rings. The van der Waals surface area contributed by atoms with Crippen molar-refractivity contribution in [2.75, 3.05) is 13.2 Å². The Morgan fingerprint density at radius 2 is 2.25 bits per heavy atom. The number of rotatable bonds is 5. The molecule has 1 unspecified atom stereocenters. The van der Waals surface area contributed by atoms with E-state index in [1.807, 2.05) is 0 Å². The largest absolute Gasteiger partial charge is 0.371 e. The average molecular weight is 304 g/mol. The third-order valence-electron chi connectivity index (χ3n) is 3.13. The molecule has 1 fully saturated rings. The first kappa shape index (κ1) is 12.6. The van der Waals surface area contributed by atoms with Gasteiger partial charge in [0.15, 0.2) is 0 Å².